The van der Waals surface area contributed by atoms with Crippen LogP contribution >= 0.6 is 0 Å². The van der Waals surface area contributed by atoms with Gasteiger partial charge in [-0.25, -0.2) is 36.4 Å². The predicted octanol–water partition coefficient (Wildman–Crippen LogP) is 4.93. The molecule has 0 unspecified atom stereocenters. The summed E-state index contributed by atoms with van der Waals surface area (Å²) >= 11 is 0. The first-order valence-electron chi connectivity index (χ1n) is 16.8. The van der Waals surface area contributed by atoms with Crippen molar-refractivity contribution in [2.45, 2.75) is 23.5 Å². The molecule has 0 spiro atoms. The number of hydrogen-bond acceptors (Lipinski definition) is 9. The number of nitrogens with one attached hydrogen (secondary N) is 1. The van der Waals surface area contributed by atoms with E-state index in [0.29, 0.717) is 43.9 Å². The molecule has 4 aromatic carbocycles. The molecule has 1 amide bonds. The Labute approximate surface area is 304 Å². The quantitative estimate of drug-likeness (QED) is 0.192. The number of primary sulfonamides is 1. The van der Waals surface area contributed by atoms with Gasteiger partial charge >= 0.3 is 0 Å². The number of carbonyl (C=O) groups excluding carboxylic acids is 1. The first-order valence-corrected chi connectivity index (χ1v) is 18.4. The van der Waals surface area contributed by atoms with Gasteiger partial charge in [0.05, 0.1) is 24.7 Å². The largest absolute Gasteiger partial charge is 0.490 e. The zero-order chi connectivity index (χ0) is 37.2. The Kier molecular flexibility index (Phi) is 10.1. The van der Waals surface area contributed by atoms with Crippen LogP contribution in [0.2, 0.25) is 0 Å². The minimum atomic E-state index is -3.83. The Bertz CT molecular complexity index is 2180. The number of anilines is 3. The number of sulfonamides is 1. The maximum absolute atomic E-state index is 15.3. The van der Waals surface area contributed by atoms with E-state index in [1.807, 2.05) is 18.2 Å². The molecule has 7 rings (SSSR count). The molecule has 2 atom stereocenters. The van der Waals surface area contributed by atoms with Crippen LogP contribution in [0.4, 0.5) is 30.2 Å². The fraction of sp³-hybridized carbons (Fsp3) is 0.270. The summed E-state index contributed by atoms with van der Waals surface area (Å²) in [6.07, 6.45) is 3.21. The van der Waals surface area contributed by atoms with Crippen LogP contribution in [-0.4, -0.2) is 68.5 Å². The zero-order valence-electron chi connectivity index (χ0n) is 28.4. The highest BCUT2D eigenvalue weighted by Crippen LogP contribution is 2.42. The molecule has 0 saturated carbocycles. The Balaban J connectivity index is 0.916. The molecule has 2 aliphatic heterocycles. The highest BCUT2D eigenvalue weighted by atomic mass is 32.2. The molecule has 0 bridgehead atoms. The minimum absolute atomic E-state index is 0.0452. The molecular weight excluding hydrogens is 712 g/mol. The highest BCUT2D eigenvalue weighted by Gasteiger charge is 2.44. The number of hydrogen-bond donors (Lipinski definition) is 2. The molecule has 2 aliphatic rings. The number of piperazine rings is 1. The van der Waals surface area contributed by atoms with Gasteiger partial charge in [-0.05, 0) is 73.2 Å². The van der Waals surface area contributed by atoms with Gasteiger partial charge in [0.2, 0.25) is 10.0 Å². The van der Waals surface area contributed by atoms with E-state index in [2.05, 4.69) is 25.2 Å². The van der Waals surface area contributed by atoms with Crippen LogP contribution < -0.4 is 25.0 Å². The van der Waals surface area contributed by atoms with Crippen molar-refractivity contribution in [3.05, 3.63) is 126 Å². The fourth-order valence-corrected chi connectivity index (χ4v) is 7.29. The average Bonchev–Trinajstić information content (AvgIpc) is 3.81. The van der Waals surface area contributed by atoms with Gasteiger partial charge in [-0.1, -0.05) is 6.07 Å². The molecule has 16 heteroatoms. The second-order valence-electron chi connectivity index (χ2n) is 13.1. The number of aromatic nitrogens is 3. The summed E-state index contributed by atoms with van der Waals surface area (Å²) in [6.45, 7) is 3.15. The monoisotopic (exact) mass is 747 g/mol. The summed E-state index contributed by atoms with van der Waals surface area (Å²) in [6, 6.07) is 21.0. The normalized spacial score (nSPS) is 19.0. The number of amides is 1. The van der Waals surface area contributed by atoms with Gasteiger partial charge in [-0.15, -0.1) is 0 Å². The highest BCUT2D eigenvalue weighted by molar-refractivity contribution is 7.89. The summed E-state index contributed by atoms with van der Waals surface area (Å²) in [5, 5.41) is 12.0. The Morgan fingerprint density at radius 1 is 0.906 bits per heavy atom. The molecule has 1 aromatic heterocycles. The maximum Gasteiger partial charge on any atom is 0.255 e. The lowest BCUT2D eigenvalue weighted by atomic mass is 9.87. The molecular formula is C37H36F3N7O5S. The zero-order valence-corrected chi connectivity index (χ0v) is 29.2. The van der Waals surface area contributed by atoms with E-state index >= 15 is 4.39 Å². The van der Waals surface area contributed by atoms with E-state index in [0.717, 1.165) is 17.4 Å². The molecule has 2 fully saturated rings. The van der Waals surface area contributed by atoms with E-state index in [4.69, 9.17) is 14.6 Å². The van der Waals surface area contributed by atoms with Crippen molar-refractivity contribution in [3.63, 3.8) is 0 Å². The summed E-state index contributed by atoms with van der Waals surface area (Å²) in [7, 11) is -3.83. The molecule has 2 saturated heterocycles. The smallest absolute Gasteiger partial charge is 0.255 e. The van der Waals surface area contributed by atoms with Gasteiger partial charge in [0.25, 0.3) is 5.91 Å². The van der Waals surface area contributed by atoms with Crippen LogP contribution in [0, 0.1) is 23.4 Å². The molecule has 0 aliphatic carbocycles. The van der Waals surface area contributed by atoms with Gasteiger partial charge in [0, 0.05) is 72.4 Å². The number of ether oxygens (including phenoxy) is 2. The van der Waals surface area contributed by atoms with Crippen molar-refractivity contribution < 1.29 is 35.9 Å². The number of halogens is 3. The molecule has 276 valence electrons. The van der Waals surface area contributed by atoms with Crippen LogP contribution in [0.25, 0.3) is 0 Å². The SMILES string of the molecule is NS(=O)(=O)c1ccc(NC(=O)c2ccc(N3CCN(c4ccc(OC[C@@H]5CO[C@@](Cn6cncn6)(c6ccc(F)cc6F)C5)c(F)c4)CC3)cc2)cc1. The van der Waals surface area contributed by atoms with Crippen molar-refractivity contribution >= 4 is 33.0 Å². The first kappa shape index (κ1) is 35.9. The van der Waals surface area contributed by atoms with E-state index in [9.17, 15) is 22.0 Å². The Morgan fingerprint density at radius 3 is 2.25 bits per heavy atom. The molecule has 53 heavy (non-hydrogen) atoms. The lowest BCUT2D eigenvalue weighted by molar-refractivity contribution is -0.0206. The maximum atomic E-state index is 15.3. The number of nitrogens with two attached hydrogens (primary N) is 1. The van der Waals surface area contributed by atoms with Crippen LogP contribution in [-0.2, 0) is 26.9 Å². The van der Waals surface area contributed by atoms with E-state index < -0.39 is 33.1 Å². The number of carbonyl (C=O) groups is 1. The third-order valence-corrected chi connectivity index (χ3v) is 10.4. The minimum Gasteiger partial charge on any atom is -0.490 e. The van der Waals surface area contributed by atoms with Crippen LogP contribution in [0.3, 0.4) is 0 Å². The molecule has 0 radical (unpaired) electrons. The van der Waals surface area contributed by atoms with Crippen LogP contribution in [0.15, 0.2) is 102 Å². The van der Waals surface area contributed by atoms with Gasteiger partial charge in [0.1, 0.15) is 29.9 Å². The number of nitrogens with zero attached hydrogens (tertiary/aromatic N) is 5. The number of rotatable bonds is 11. The Morgan fingerprint density at radius 2 is 1.60 bits per heavy atom. The molecule has 3 N–H and O–H groups in total. The van der Waals surface area contributed by atoms with Gasteiger partial charge in [-0.2, -0.15) is 5.10 Å². The predicted molar refractivity (Wildman–Crippen MR) is 191 cm³/mol. The fourth-order valence-electron chi connectivity index (χ4n) is 6.78. The average molecular weight is 748 g/mol. The van der Waals surface area contributed by atoms with Crippen molar-refractivity contribution in [1.29, 1.82) is 0 Å². The first-order chi connectivity index (χ1) is 25.5. The topological polar surface area (TPSA) is 145 Å². The van der Waals surface area contributed by atoms with Crippen LogP contribution in [0.1, 0.15) is 22.3 Å². The second kappa shape index (κ2) is 14.9. The summed E-state index contributed by atoms with van der Waals surface area (Å²) < 4.78 is 80.5. The molecule has 12 nitrogen and oxygen atoms in total. The third-order valence-electron chi connectivity index (χ3n) is 9.49. The van der Waals surface area contributed by atoms with E-state index in [1.54, 1.807) is 18.2 Å². The van der Waals surface area contributed by atoms with Gasteiger partial charge in [0.15, 0.2) is 11.6 Å². The van der Waals surface area contributed by atoms with Gasteiger partial charge in [-0.3, -0.25) is 4.79 Å². The van der Waals surface area contributed by atoms with Crippen molar-refractivity contribution in [1.82, 2.24) is 14.8 Å². The lowest BCUT2D eigenvalue weighted by Gasteiger charge is -2.37. The lowest BCUT2D eigenvalue weighted by Crippen LogP contribution is -2.46. The molecule has 5 aromatic rings. The van der Waals surface area contributed by atoms with Crippen molar-refractivity contribution in [2.24, 2.45) is 11.1 Å². The summed E-state index contributed by atoms with van der Waals surface area (Å²) in [4.78, 5) is 20.9. The Hall–Kier alpha value is -5.45. The standard InChI is InChI=1S/C37H36F3N7O5S/c38-27-3-11-32(33(39)17-27)37(22-47-24-42-23-43-47)19-25(21-52-37)20-51-35-12-8-30(18-34(35)40)46-15-13-45(14-16-46)29-6-1-26(2-7-29)36(48)44-28-4-9-31(10-5-28)53(41,49)50/h1-12,17-18,23-25H,13-16,19-22H2,(H,44,48)(H2,41,49,50)/t25-,37+/m1/s1. The van der Waals surface area contributed by atoms with Crippen molar-refractivity contribution in [3.8, 4) is 5.75 Å². The number of benzene rings is 4. The summed E-state index contributed by atoms with van der Waals surface area (Å²) in [5.41, 5.74) is 1.62. The molecule has 3 heterocycles. The van der Waals surface area contributed by atoms with E-state index in [-0.39, 0.29) is 47.8 Å². The van der Waals surface area contributed by atoms with Crippen molar-refractivity contribution in [2.75, 3.05) is 54.5 Å². The third kappa shape index (κ3) is 8.14. The summed E-state index contributed by atoms with van der Waals surface area (Å²) in [5.74, 6) is -2.35. The van der Waals surface area contributed by atoms with Gasteiger partial charge < -0.3 is 24.6 Å². The second-order valence-corrected chi connectivity index (χ2v) is 14.6. The van der Waals surface area contributed by atoms with E-state index in [1.165, 1.54) is 59.8 Å². The van der Waals surface area contributed by atoms with Crippen LogP contribution in [0.5, 0.6) is 5.75 Å².